The smallest absolute Gasteiger partial charge is 0.295 e. The van der Waals surface area contributed by atoms with Gasteiger partial charge in [-0.05, 0) is 43.2 Å². The second-order valence-corrected chi connectivity index (χ2v) is 9.51. The summed E-state index contributed by atoms with van der Waals surface area (Å²) in [5.41, 5.74) is 2.96. The van der Waals surface area contributed by atoms with Crippen LogP contribution in [0.3, 0.4) is 0 Å². The summed E-state index contributed by atoms with van der Waals surface area (Å²) in [4.78, 5) is 34.0. The highest BCUT2D eigenvalue weighted by Crippen LogP contribution is 2.39. The highest BCUT2D eigenvalue weighted by Gasteiger charge is 2.45. The molecular formula is C26H27ClN4O4. The number of hydrogen-bond donors (Lipinski definition) is 1. The molecule has 0 radical (unpaired) electrons. The Morgan fingerprint density at radius 3 is 2.71 bits per heavy atom. The maximum atomic E-state index is 14.0. The maximum absolute atomic E-state index is 14.0. The standard InChI is InChI=1S/C26H27ClN4O4/c1-16-5-4-8-30-21(17(2)28-25(16)30)23(32)20-22(18-6-3-7-19(27)15-18)31(26(34)24(20)33)10-9-29-11-13-35-14-12-29/h3-8,15,22,32H,9-14H2,1-2H3/b23-20+. The zero-order chi connectivity index (χ0) is 24.7. The van der Waals surface area contributed by atoms with Crippen molar-refractivity contribution in [3.8, 4) is 0 Å². The number of aryl methyl sites for hydroxylation is 2. The topological polar surface area (TPSA) is 91.4 Å². The molecule has 0 aliphatic carbocycles. The predicted octanol–water partition coefficient (Wildman–Crippen LogP) is 0.744. The molecule has 8 nitrogen and oxygen atoms in total. The number of quaternary nitrogens is 1. The molecule has 2 aliphatic rings. The Labute approximate surface area is 208 Å². The third kappa shape index (κ3) is 4.22. The average Bonchev–Trinajstić information content (AvgIpc) is 3.32. The lowest BCUT2D eigenvalue weighted by Gasteiger charge is -2.30. The van der Waals surface area contributed by atoms with Gasteiger partial charge in [-0.2, -0.15) is 0 Å². The van der Waals surface area contributed by atoms with E-state index in [4.69, 9.17) is 16.3 Å². The number of nitrogens with one attached hydrogen (secondary N) is 1. The summed E-state index contributed by atoms with van der Waals surface area (Å²) in [5, 5.41) is 14.5. The molecule has 5 rings (SSSR count). The van der Waals surface area contributed by atoms with Crippen LogP contribution in [0.4, 0.5) is 0 Å². The molecule has 2 saturated heterocycles. The Morgan fingerprint density at radius 2 is 1.97 bits per heavy atom. The fourth-order valence-electron chi connectivity index (χ4n) is 5.03. The van der Waals surface area contributed by atoms with Crippen LogP contribution in [0.1, 0.15) is 28.6 Å². The van der Waals surface area contributed by atoms with Gasteiger partial charge in [0.15, 0.2) is 0 Å². The number of pyridine rings is 1. The first-order valence-electron chi connectivity index (χ1n) is 11.7. The second-order valence-electron chi connectivity index (χ2n) is 9.07. The zero-order valence-corrected chi connectivity index (χ0v) is 20.5. The summed E-state index contributed by atoms with van der Waals surface area (Å²) in [6.07, 6.45) is 1.76. The first kappa shape index (κ1) is 23.5. The Hall–Kier alpha value is -3.20. The minimum absolute atomic E-state index is 0.0550. The van der Waals surface area contributed by atoms with E-state index in [9.17, 15) is 14.7 Å². The van der Waals surface area contributed by atoms with Crippen molar-refractivity contribution in [1.29, 1.82) is 0 Å². The van der Waals surface area contributed by atoms with Crippen molar-refractivity contribution in [2.75, 3.05) is 39.4 Å². The van der Waals surface area contributed by atoms with Crippen molar-refractivity contribution in [2.24, 2.45) is 0 Å². The molecule has 182 valence electrons. The van der Waals surface area contributed by atoms with Crippen LogP contribution in [0.25, 0.3) is 11.4 Å². The molecule has 2 fully saturated rings. The molecule has 2 aromatic heterocycles. The molecule has 1 amide bonds. The van der Waals surface area contributed by atoms with Gasteiger partial charge < -0.3 is 24.0 Å². The van der Waals surface area contributed by atoms with Crippen molar-refractivity contribution < 1.29 is 24.3 Å². The van der Waals surface area contributed by atoms with Crippen LogP contribution in [0.2, 0.25) is 5.02 Å². The van der Waals surface area contributed by atoms with Crippen molar-refractivity contribution in [1.82, 2.24) is 14.3 Å². The van der Waals surface area contributed by atoms with Crippen LogP contribution in [0, 0.1) is 13.8 Å². The number of ether oxygens (including phenoxy) is 1. The first-order chi connectivity index (χ1) is 16.9. The van der Waals surface area contributed by atoms with Gasteiger partial charge in [-0.15, -0.1) is 0 Å². The Balaban J connectivity index is 1.63. The van der Waals surface area contributed by atoms with Crippen LogP contribution >= 0.6 is 11.6 Å². The molecular weight excluding hydrogens is 468 g/mol. The fourth-order valence-corrected chi connectivity index (χ4v) is 5.23. The van der Waals surface area contributed by atoms with Crippen molar-refractivity contribution in [3.63, 3.8) is 0 Å². The number of carbonyl (C=O) groups is 2. The third-order valence-electron chi connectivity index (χ3n) is 6.83. The van der Waals surface area contributed by atoms with E-state index in [2.05, 4.69) is 4.98 Å². The van der Waals surface area contributed by atoms with E-state index in [0.717, 1.165) is 18.7 Å². The summed E-state index contributed by atoms with van der Waals surface area (Å²) in [5.74, 6) is -1.90. The lowest BCUT2D eigenvalue weighted by atomic mass is 9.96. The summed E-state index contributed by atoms with van der Waals surface area (Å²) >= 11 is 6.28. The maximum Gasteiger partial charge on any atom is 0.295 e. The number of morpholine rings is 1. The SMILES string of the molecule is Cc1nc2c(C)cccn2c1/C([O-])=C1\C(=O)C(=O)N(CC[NH+]2CCOCC2)C1c1cccc(Cl)c1. The number of hydrogen-bond acceptors (Lipinski definition) is 5. The normalized spacial score (nSPS) is 20.8. The molecule has 0 spiro atoms. The molecule has 1 N–H and O–H groups in total. The highest BCUT2D eigenvalue weighted by molar-refractivity contribution is 6.46. The van der Waals surface area contributed by atoms with Crippen LogP contribution < -0.4 is 10.0 Å². The number of carbonyl (C=O) groups excluding carboxylic acids is 2. The number of halogens is 1. The number of likely N-dealkylation sites (tertiary alicyclic amines) is 1. The third-order valence-corrected chi connectivity index (χ3v) is 7.07. The first-order valence-corrected chi connectivity index (χ1v) is 12.1. The van der Waals surface area contributed by atoms with E-state index >= 15 is 0 Å². The van der Waals surface area contributed by atoms with Crippen molar-refractivity contribution >= 4 is 34.7 Å². The second kappa shape index (κ2) is 9.45. The Bertz CT molecular complexity index is 1340. The molecule has 35 heavy (non-hydrogen) atoms. The van der Waals surface area contributed by atoms with Gasteiger partial charge in [-0.1, -0.05) is 35.6 Å². The minimum atomic E-state index is -0.809. The van der Waals surface area contributed by atoms with E-state index in [-0.39, 0.29) is 5.57 Å². The molecule has 0 saturated carbocycles. The summed E-state index contributed by atoms with van der Waals surface area (Å²) in [6.45, 7) is 7.69. The van der Waals surface area contributed by atoms with Crippen LogP contribution in [-0.4, -0.2) is 65.4 Å². The van der Waals surface area contributed by atoms with Gasteiger partial charge in [0.2, 0.25) is 5.78 Å². The van der Waals surface area contributed by atoms with Crippen LogP contribution in [0.5, 0.6) is 0 Å². The highest BCUT2D eigenvalue weighted by atomic mass is 35.5. The quantitative estimate of drug-likeness (QED) is 0.321. The monoisotopic (exact) mass is 494 g/mol. The minimum Gasteiger partial charge on any atom is -0.871 e. The average molecular weight is 495 g/mol. The number of ketones is 1. The van der Waals surface area contributed by atoms with E-state index in [1.807, 2.05) is 19.1 Å². The molecule has 1 atom stereocenters. The van der Waals surface area contributed by atoms with Gasteiger partial charge in [0.1, 0.15) is 18.7 Å². The van der Waals surface area contributed by atoms with Gasteiger partial charge in [0, 0.05) is 16.8 Å². The molecule has 1 aromatic carbocycles. The van der Waals surface area contributed by atoms with Gasteiger partial charge in [-0.25, -0.2) is 4.98 Å². The largest absolute Gasteiger partial charge is 0.871 e. The number of imidazole rings is 1. The van der Waals surface area contributed by atoms with Crippen LogP contribution in [0.15, 0.2) is 48.2 Å². The molecule has 2 aliphatic heterocycles. The van der Waals surface area contributed by atoms with Gasteiger partial charge in [-0.3, -0.25) is 9.59 Å². The van der Waals surface area contributed by atoms with E-state index in [1.54, 1.807) is 41.8 Å². The summed E-state index contributed by atoms with van der Waals surface area (Å²) in [7, 11) is 0. The number of rotatable bonds is 5. The van der Waals surface area contributed by atoms with Crippen molar-refractivity contribution in [2.45, 2.75) is 19.9 Å². The molecule has 0 bridgehead atoms. The lowest BCUT2D eigenvalue weighted by Crippen LogP contribution is -3.14. The molecule has 9 heteroatoms. The van der Waals surface area contributed by atoms with Gasteiger partial charge in [0.05, 0.1) is 43.7 Å². The summed E-state index contributed by atoms with van der Waals surface area (Å²) in [6, 6.07) is 9.94. The zero-order valence-electron chi connectivity index (χ0n) is 19.7. The molecule has 4 heterocycles. The summed E-state index contributed by atoms with van der Waals surface area (Å²) < 4.78 is 7.13. The number of nitrogens with zero attached hydrogens (tertiary/aromatic N) is 3. The van der Waals surface area contributed by atoms with Gasteiger partial charge in [0.25, 0.3) is 5.91 Å². The number of benzene rings is 1. The lowest BCUT2D eigenvalue weighted by molar-refractivity contribution is -0.907. The number of Topliss-reactive ketones (excluding diaryl/α,β-unsaturated/α-hetero) is 1. The van der Waals surface area contributed by atoms with E-state index < -0.39 is 23.5 Å². The molecule has 1 unspecified atom stereocenters. The Morgan fingerprint density at radius 1 is 1.20 bits per heavy atom. The Kier molecular flexibility index (Phi) is 6.35. The van der Waals surface area contributed by atoms with Crippen molar-refractivity contribution in [3.05, 3.63) is 75.7 Å². The van der Waals surface area contributed by atoms with E-state index in [1.165, 1.54) is 9.80 Å². The van der Waals surface area contributed by atoms with Gasteiger partial charge >= 0.3 is 0 Å². The number of aromatic nitrogens is 2. The van der Waals surface area contributed by atoms with E-state index in [0.29, 0.717) is 53.9 Å². The number of amides is 1. The molecule has 3 aromatic rings. The predicted molar refractivity (Wildman–Crippen MR) is 129 cm³/mol. The van der Waals surface area contributed by atoms with Crippen LogP contribution in [-0.2, 0) is 14.3 Å². The fraction of sp³-hybridized carbons (Fsp3) is 0.346. The number of fused-ring (bicyclic) bond motifs is 1.